The molecule has 7 nitrogen and oxygen atoms in total. The summed E-state index contributed by atoms with van der Waals surface area (Å²) >= 11 is 0. The molecule has 3 rings (SSSR count). The number of hydrogen-bond acceptors (Lipinski definition) is 6. The molecule has 1 heterocycles. The first-order valence-corrected chi connectivity index (χ1v) is 10.2. The molecule has 1 aromatic rings. The summed E-state index contributed by atoms with van der Waals surface area (Å²) in [7, 11) is 0. The Labute approximate surface area is 176 Å². The molecule has 0 bridgehead atoms. The molecule has 0 radical (unpaired) electrons. The number of carbonyl (C=O) groups excluding carboxylic acids is 2. The number of non-ortho nitro benzene ring substituents is 1. The van der Waals surface area contributed by atoms with Gasteiger partial charge >= 0.3 is 5.97 Å². The quantitative estimate of drug-likeness (QED) is 0.437. The molecule has 1 aliphatic carbocycles. The van der Waals surface area contributed by atoms with Crippen LogP contribution in [0.25, 0.3) is 0 Å². The summed E-state index contributed by atoms with van der Waals surface area (Å²) in [5.74, 6) is -0.915. The number of carbonyl (C=O) groups is 2. The summed E-state index contributed by atoms with van der Waals surface area (Å²) in [6.07, 6.45) is 1.06. The fourth-order valence-electron chi connectivity index (χ4n) is 4.15. The molecule has 0 fully saturated rings. The van der Waals surface area contributed by atoms with Crippen molar-refractivity contribution in [3.63, 3.8) is 0 Å². The monoisotopic (exact) mass is 412 g/mol. The van der Waals surface area contributed by atoms with E-state index in [9.17, 15) is 19.7 Å². The van der Waals surface area contributed by atoms with Crippen LogP contribution < -0.4 is 5.32 Å². The van der Waals surface area contributed by atoms with Crippen molar-refractivity contribution in [2.45, 2.75) is 53.4 Å². The van der Waals surface area contributed by atoms with Crippen LogP contribution in [0.15, 0.2) is 46.8 Å². The van der Waals surface area contributed by atoms with Gasteiger partial charge in [-0.3, -0.25) is 14.9 Å². The minimum atomic E-state index is -0.606. The number of benzene rings is 1. The normalized spacial score (nSPS) is 20.7. The van der Waals surface area contributed by atoms with Gasteiger partial charge in [0.2, 0.25) is 0 Å². The van der Waals surface area contributed by atoms with E-state index in [2.05, 4.69) is 5.32 Å². The van der Waals surface area contributed by atoms with Crippen molar-refractivity contribution in [2.24, 2.45) is 11.3 Å². The fourth-order valence-corrected chi connectivity index (χ4v) is 4.15. The van der Waals surface area contributed by atoms with Crippen LogP contribution in [0.3, 0.4) is 0 Å². The number of ether oxygens (including phenoxy) is 1. The summed E-state index contributed by atoms with van der Waals surface area (Å²) in [5.41, 5.74) is 2.86. The number of rotatable bonds is 5. The van der Waals surface area contributed by atoms with Gasteiger partial charge in [0, 0.05) is 41.4 Å². The first-order valence-electron chi connectivity index (χ1n) is 10.2. The molecule has 0 unspecified atom stereocenters. The number of nitrogens with zero attached hydrogens (tertiary/aromatic N) is 1. The minimum absolute atomic E-state index is 0.0150. The minimum Gasteiger partial charge on any atom is -0.462 e. The number of nitrogens with one attached hydrogen (secondary N) is 1. The van der Waals surface area contributed by atoms with Crippen LogP contribution in [-0.4, -0.2) is 23.3 Å². The molecular weight excluding hydrogens is 384 g/mol. The highest BCUT2D eigenvalue weighted by atomic mass is 16.6. The molecule has 1 atom stereocenters. The number of nitro groups is 1. The van der Waals surface area contributed by atoms with Crippen molar-refractivity contribution in [1.82, 2.24) is 5.32 Å². The van der Waals surface area contributed by atoms with Crippen LogP contribution in [0.5, 0.6) is 0 Å². The Hall–Kier alpha value is -2.96. The second-order valence-corrected chi connectivity index (χ2v) is 9.27. The Balaban J connectivity index is 2.11. The summed E-state index contributed by atoms with van der Waals surface area (Å²) in [4.78, 5) is 36.8. The van der Waals surface area contributed by atoms with Crippen molar-refractivity contribution in [1.29, 1.82) is 0 Å². The van der Waals surface area contributed by atoms with Gasteiger partial charge in [-0.1, -0.05) is 39.8 Å². The van der Waals surface area contributed by atoms with Crippen molar-refractivity contribution < 1.29 is 19.2 Å². The molecule has 7 heteroatoms. The molecule has 160 valence electrons. The SMILES string of the molecule is CC1=C(C(=O)OCC(C)C)[C@@H](c2ccc([N+](=O)[O-])cc2)C2=C(CC(C)(C)CC2=O)N1. The number of Topliss-reactive ketones (excluding diaryl/α,β-unsaturated/α-hetero) is 1. The lowest BCUT2D eigenvalue weighted by molar-refractivity contribution is -0.384. The highest BCUT2D eigenvalue weighted by molar-refractivity contribution is 6.04. The van der Waals surface area contributed by atoms with E-state index >= 15 is 0 Å². The highest BCUT2D eigenvalue weighted by Gasteiger charge is 2.43. The van der Waals surface area contributed by atoms with Crippen LogP contribution in [0, 0.1) is 21.4 Å². The summed E-state index contributed by atoms with van der Waals surface area (Å²) in [6, 6.07) is 6.05. The molecular formula is C23H28N2O5. The third-order valence-electron chi connectivity index (χ3n) is 5.44. The van der Waals surface area contributed by atoms with Gasteiger partial charge in [0.25, 0.3) is 5.69 Å². The molecule has 0 saturated heterocycles. The summed E-state index contributed by atoms with van der Waals surface area (Å²) in [6.45, 7) is 10.1. The lowest BCUT2D eigenvalue weighted by Crippen LogP contribution is -2.38. The first kappa shape index (κ1) is 21.7. The van der Waals surface area contributed by atoms with E-state index in [0.717, 1.165) is 5.70 Å². The van der Waals surface area contributed by atoms with Gasteiger partial charge in [-0.25, -0.2) is 4.79 Å². The van der Waals surface area contributed by atoms with Crippen LogP contribution in [-0.2, 0) is 14.3 Å². The zero-order valence-corrected chi connectivity index (χ0v) is 18.1. The lowest BCUT2D eigenvalue weighted by Gasteiger charge is -2.39. The smallest absolute Gasteiger partial charge is 0.336 e. The lowest BCUT2D eigenvalue weighted by atomic mass is 9.68. The van der Waals surface area contributed by atoms with Crippen LogP contribution in [0.4, 0.5) is 5.69 Å². The number of nitro benzene ring substituents is 1. The van der Waals surface area contributed by atoms with Gasteiger partial charge in [0.15, 0.2) is 5.78 Å². The number of ketones is 1. The molecule has 1 aliphatic heterocycles. The van der Waals surface area contributed by atoms with E-state index in [1.54, 1.807) is 19.1 Å². The van der Waals surface area contributed by atoms with E-state index in [0.29, 0.717) is 35.2 Å². The first-order chi connectivity index (χ1) is 14.0. The second-order valence-electron chi connectivity index (χ2n) is 9.27. The molecule has 0 amide bonds. The summed E-state index contributed by atoms with van der Waals surface area (Å²) < 4.78 is 5.50. The van der Waals surface area contributed by atoms with E-state index in [1.165, 1.54) is 12.1 Å². The maximum absolute atomic E-state index is 13.2. The van der Waals surface area contributed by atoms with E-state index < -0.39 is 16.8 Å². The molecule has 0 saturated carbocycles. The Morgan fingerprint density at radius 1 is 1.27 bits per heavy atom. The van der Waals surface area contributed by atoms with E-state index in [4.69, 9.17) is 4.74 Å². The molecule has 1 aromatic carbocycles. The van der Waals surface area contributed by atoms with E-state index in [-0.39, 0.29) is 29.4 Å². The molecule has 1 N–H and O–H groups in total. The Morgan fingerprint density at radius 3 is 2.47 bits per heavy atom. The van der Waals surface area contributed by atoms with Gasteiger partial charge in [-0.2, -0.15) is 0 Å². The molecule has 2 aliphatic rings. The summed E-state index contributed by atoms with van der Waals surface area (Å²) in [5, 5.41) is 14.3. The number of esters is 1. The average Bonchev–Trinajstić information content (AvgIpc) is 2.64. The molecule has 0 spiro atoms. The highest BCUT2D eigenvalue weighted by Crippen LogP contribution is 2.46. The van der Waals surface area contributed by atoms with Crippen molar-refractivity contribution in [2.75, 3.05) is 6.61 Å². The zero-order valence-electron chi connectivity index (χ0n) is 18.1. The van der Waals surface area contributed by atoms with Crippen LogP contribution in [0.1, 0.15) is 58.9 Å². The second kappa shape index (κ2) is 8.05. The number of allylic oxidation sites excluding steroid dienone is 3. The Kier molecular flexibility index (Phi) is 5.83. The largest absolute Gasteiger partial charge is 0.462 e. The van der Waals surface area contributed by atoms with Crippen molar-refractivity contribution in [3.8, 4) is 0 Å². The fraction of sp³-hybridized carbons (Fsp3) is 0.478. The molecule has 30 heavy (non-hydrogen) atoms. The molecule has 0 aromatic heterocycles. The van der Waals surface area contributed by atoms with Gasteiger partial charge in [0.05, 0.1) is 17.1 Å². The maximum Gasteiger partial charge on any atom is 0.336 e. The maximum atomic E-state index is 13.2. The third-order valence-corrected chi connectivity index (χ3v) is 5.44. The van der Waals surface area contributed by atoms with Crippen molar-refractivity contribution in [3.05, 3.63) is 62.5 Å². The van der Waals surface area contributed by atoms with Gasteiger partial charge in [-0.15, -0.1) is 0 Å². The Bertz CT molecular complexity index is 954. The standard InChI is InChI=1S/C23H28N2O5/c1-13(2)12-30-22(27)19-14(3)24-17-10-23(4,5)11-18(26)21(17)20(19)15-6-8-16(9-7-15)25(28)29/h6-9,13,20,24H,10-12H2,1-5H3/t20-/m1/s1. The van der Waals surface area contributed by atoms with E-state index in [1.807, 2.05) is 27.7 Å². The third kappa shape index (κ3) is 4.30. The predicted molar refractivity (Wildman–Crippen MR) is 113 cm³/mol. The van der Waals surface area contributed by atoms with Gasteiger partial charge in [0.1, 0.15) is 0 Å². The van der Waals surface area contributed by atoms with Crippen molar-refractivity contribution >= 4 is 17.4 Å². The Morgan fingerprint density at radius 2 is 1.90 bits per heavy atom. The van der Waals surface area contributed by atoms with Crippen LogP contribution in [0.2, 0.25) is 0 Å². The van der Waals surface area contributed by atoms with Gasteiger partial charge in [-0.05, 0) is 30.2 Å². The number of dihydropyridines is 1. The predicted octanol–water partition coefficient (Wildman–Crippen LogP) is 4.40. The average molecular weight is 412 g/mol. The zero-order chi connectivity index (χ0) is 22.2. The number of hydrogen-bond donors (Lipinski definition) is 1. The topological polar surface area (TPSA) is 98.5 Å². The van der Waals surface area contributed by atoms with Crippen LogP contribution >= 0.6 is 0 Å². The van der Waals surface area contributed by atoms with Gasteiger partial charge < -0.3 is 10.1 Å².